The minimum absolute atomic E-state index is 0.209. The molecule has 0 radical (unpaired) electrons. The molecule has 1 fully saturated rings. The summed E-state index contributed by atoms with van der Waals surface area (Å²) in [5, 5.41) is 14.5. The monoisotopic (exact) mass is 359 g/mol. The van der Waals surface area contributed by atoms with E-state index < -0.39 is 24.0 Å². The maximum absolute atomic E-state index is 12.6. The van der Waals surface area contributed by atoms with Gasteiger partial charge in [-0.1, -0.05) is 13.3 Å². The predicted octanol–water partition coefficient (Wildman–Crippen LogP) is 1.11. The second-order valence-electron chi connectivity index (χ2n) is 6.60. The fourth-order valence-electron chi connectivity index (χ4n) is 3.41. The molecule has 3 N–H and O–H groups in total. The van der Waals surface area contributed by atoms with Gasteiger partial charge in [0.15, 0.2) is 0 Å². The van der Waals surface area contributed by atoms with Crippen LogP contribution in [0.4, 0.5) is 5.69 Å². The van der Waals surface area contributed by atoms with Crippen LogP contribution in [0.25, 0.3) is 0 Å². The van der Waals surface area contributed by atoms with Gasteiger partial charge in [0.25, 0.3) is 5.91 Å². The third-order valence-corrected chi connectivity index (χ3v) is 4.74. The number of anilines is 1. The van der Waals surface area contributed by atoms with Gasteiger partial charge in [0.2, 0.25) is 11.8 Å². The Hall–Kier alpha value is -2.90. The van der Waals surface area contributed by atoms with Crippen LogP contribution in [0.2, 0.25) is 0 Å². The third kappa shape index (κ3) is 3.40. The molecule has 2 atom stereocenters. The first kappa shape index (κ1) is 17.9. The summed E-state index contributed by atoms with van der Waals surface area (Å²) in [6.07, 6.45) is 1.75. The zero-order valence-electron chi connectivity index (χ0n) is 14.4. The Balaban J connectivity index is 1.77. The lowest BCUT2D eigenvalue weighted by Gasteiger charge is -2.29. The second-order valence-corrected chi connectivity index (χ2v) is 6.60. The number of imide groups is 1. The van der Waals surface area contributed by atoms with Crippen molar-refractivity contribution >= 4 is 29.4 Å². The van der Waals surface area contributed by atoms with E-state index in [1.165, 1.54) is 4.90 Å². The van der Waals surface area contributed by atoms with Crippen molar-refractivity contribution in [3.8, 4) is 0 Å². The van der Waals surface area contributed by atoms with Crippen LogP contribution in [0.1, 0.15) is 48.5 Å². The van der Waals surface area contributed by atoms with E-state index in [2.05, 4.69) is 10.6 Å². The highest BCUT2D eigenvalue weighted by molar-refractivity contribution is 6.05. The van der Waals surface area contributed by atoms with Gasteiger partial charge >= 0.3 is 5.97 Å². The van der Waals surface area contributed by atoms with Gasteiger partial charge in [0, 0.05) is 24.2 Å². The van der Waals surface area contributed by atoms with Gasteiger partial charge in [-0.05, 0) is 36.6 Å². The zero-order chi connectivity index (χ0) is 18.8. The molecule has 0 saturated carbocycles. The minimum atomic E-state index is -0.923. The predicted molar refractivity (Wildman–Crippen MR) is 92.4 cm³/mol. The lowest BCUT2D eigenvalue weighted by molar-refractivity contribution is -0.138. The molecule has 8 nitrogen and oxygen atoms in total. The first-order chi connectivity index (χ1) is 12.4. The summed E-state index contributed by atoms with van der Waals surface area (Å²) in [4.78, 5) is 48.7. The fraction of sp³-hybridized carbons (Fsp3) is 0.444. The van der Waals surface area contributed by atoms with Gasteiger partial charge in [-0.3, -0.25) is 19.7 Å². The van der Waals surface area contributed by atoms with Gasteiger partial charge in [-0.25, -0.2) is 4.79 Å². The van der Waals surface area contributed by atoms with Crippen molar-refractivity contribution in [2.75, 3.05) is 5.32 Å². The molecule has 1 saturated heterocycles. The van der Waals surface area contributed by atoms with Gasteiger partial charge < -0.3 is 15.3 Å². The fourth-order valence-corrected chi connectivity index (χ4v) is 3.41. The highest BCUT2D eigenvalue weighted by Gasteiger charge is 2.39. The van der Waals surface area contributed by atoms with Gasteiger partial charge in [0.05, 0.1) is 0 Å². The van der Waals surface area contributed by atoms with E-state index in [-0.39, 0.29) is 24.8 Å². The number of fused-ring (bicyclic) bond motifs is 1. The molecule has 8 heteroatoms. The molecule has 0 aliphatic carbocycles. The molecule has 0 aromatic heterocycles. The van der Waals surface area contributed by atoms with E-state index >= 15 is 0 Å². The molecule has 3 amide bonds. The van der Waals surface area contributed by atoms with Crippen molar-refractivity contribution in [1.29, 1.82) is 0 Å². The number of carbonyl (C=O) groups excluding carboxylic acids is 3. The molecule has 2 heterocycles. The van der Waals surface area contributed by atoms with Gasteiger partial charge in [0.1, 0.15) is 12.1 Å². The summed E-state index contributed by atoms with van der Waals surface area (Å²) in [5.41, 5.74) is 1.87. The molecule has 26 heavy (non-hydrogen) atoms. The van der Waals surface area contributed by atoms with Crippen LogP contribution in [0.3, 0.4) is 0 Å². The number of hydrogen-bond donors (Lipinski definition) is 3. The van der Waals surface area contributed by atoms with Crippen LogP contribution in [-0.4, -0.2) is 45.8 Å². The number of rotatable bonds is 6. The highest BCUT2D eigenvalue weighted by Crippen LogP contribution is 2.29. The first-order valence-electron chi connectivity index (χ1n) is 8.67. The van der Waals surface area contributed by atoms with Gasteiger partial charge in [-0.15, -0.1) is 0 Å². The number of hydrogen-bond acceptors (Lipinski definition) is 5. The topological polar surface area (TPSA) is 116 Å². The molecule has 2 aliphatic heterocycles. The number of carboxylic acids is 1. The van der Waals surface area contributed by atoms with Crippen molar-refractivity contribution in [2.45, 2.75) is 51.2 Å². The molecule has 2 unspecified atom stereocenters. The molecular formula is C18H21N3O5. The van der Waals surface area contributed by atoms with Crippen LogP contribution in [0.5, 0.6) is 0 Å². The van der Waals surface area contributed by atoms with E-state index in [0.29, 0.717) is 24.1 Å². The van der Waals surface area contributed by atoms with Crippen molar-refractivity contribution in [1.82, 2.24) is 10.2 Å². The minimum Gasteiger partial charge on any atom is -0.480 e. The lowest BCUT2D eigenvalue weighted by atomic mass is 10.0. The standard InChI is InChI=1S/C18H21N3O5/c1-2-3-13(18(25)26)19-11-4-5-12-10(8-11)9-21(17(12)24)14-6-7-15(22)20-16(14)23/h4-5,8,13-14,19H,2-3,6-7,9H2,1H3,(H,25,26)(H,20,22,23). The number of benzene rings is 1. The second kappa shape index (κ2) is 7.15. The molecule has 3 rings (SSSR count). The summed E-state index contributed by atoms with van der Waals surface area (Å²) >= 11 is 0. The average Bonchev–Trinajstić information content (AvgIpc) is 2.90. The third-order valence-electron chi connectivity index (χ3n) is 4.74. The van der Waals surface area contributed by atoms with E-state index in [4.69, 9.17) is 0 Å². The zero-order valence-corrected chi connectivity index (χ0v) is 14.4. The SMILES string of the molecule is CCCC(Nc1ccc2c(c1)CN(C1CCC(=O)NC1=O)C2=O)C(=O)O. The Bertz CT molecular complexity index is 776. The van der Waals surface area contributed by atoms with Crippen LogP contribution in [-0.2, 0) is 20.9 Å². The highest BCUT2D eigenvalue weighted by atomic mass is 16.4. The number of amides is 3. The number of piperidine rings is 1. The first-order valence-corrected chi connectivity index (χ1v) is 8.67. The maximum Gasteiger partial charge on any atom is 0.326 e. The number of carboxylic acid groups (broad SMARTS) is 1. The Labute approximate surface area is 150 Å². The lowest BCUT2D eigenvalue weighted by Crippen LogP contribution is -2.52. The van der Waals surface area contributed by atoms with Crippen molar-refractivity contribution < 1.29 is 24.3 Å². The summed E-state index contributed by atoms with van der Waals surface area (Å²) in [6.45, 7) is 2.18. The van der Waals surface area contributed by atoms with E-state index in [9.17, 15) is 24.3 Å². The van der Waals surface area contributed by atoms with Crippen molar-refractivity contribution in [3.63, 3.8) is 0 Å². The molecule has 138 valence electrons. The Kier molecular flexibility index (Phi) is 4.92. The van der Waals surface area contributed by atoms with Crippen LogP contribution in [0, 0.1) is 0 Å². The molecule has 1 aromatic rings. The summed E-state index contributed by atoms with van der Waals surface area (Å²) in [7, 11) is 0. The Morgan fingerprint density at radius 1 is 1.38 bits per heavy atom. The summed E-state index contributed by atoms with van der Waals surface area (Å²) in [6, 6.07) is 3.73. The molecule has 0 bridgehead atoms. The number of nitrogens with zero attached hydrogens (tertiary/aromatic N) is 1. The number of aliphatic carboxylic acids is 1. The van der Waals surface area contributed by atoms with E-state index in [1.54, 1.807) is 18.2 Å². The van der Waals surface area contributed by atoms with Crippen molar-refractivity contribution in [2.24, 2.45) is 0 Å². The molecule has 1 aromatic carbocycles. The maximum atomic E-state index is 12.6. The smallest absolute Gasteiger partial charge is 0.326 e. The molecule has 2 aliphatic rings. The Morgan fingerprint density at radius 3 is 2.81 bits per heavy atom. The largest absolute Gasteiger partial charge is 0.480 e. The van der Waals surface area contributed by atoms with Gasteiger partial charge in [-0.2, -0.15) is 0 Å². The average molecular weight is 359 g/mol. The number of carbonyl (C=O) groups is 4. The van der Waals surface area contributed by atoms with E-state index in [0.717, 1.165) is 12.0 Å². The molecular weight excluding hydrogens is 338 g/mol. The quantitative estimate of drug-likeness (QED) is 0.656. The molecule has 0 spiro atoms. The van der Waals surface area contributed by atoms with Crippen LogP contribution >= 0.6 is 0 Å². The summed E-state index contributed by atoms with van der Waals surface area (Å²) in [5.74, 6) is -1.94. The normalized spacial score (nSPS) is 20.6. The van der Waals surface area contributed by atoms with E-state index in [1.807, 2.05) is 6.92 Å². The van der Waals surface area contributed by atoms with Crippen molar-refractivity contribution in [3.05, 3.63) is 29.3 Å². The summed E-state index contributed by atoms with van der Waals surface area (Å²) < 4.78 is 0. The number of nitrogens with one attached hydrogen (secondary N) is 2. The Morgan fingerprint density at radius 2 is 2.15 bits per heavy atom. The van der Waals surface area contributed by atoms with Crippen LogP contribution < -0.4 is 10.6 Å². The van der Waals surface area contributed by atoms with Crippen LogP contribution in [0.15, 0.2) is 18.2 Å².